The third-order valence-corrected chi connectivity index (χ3v) is 6.68. The summed E-state index contributed by atoms with van der Waals surface area (Å²) in [6.07, 6.45) is 6.94. The molecule has 1 saturated carbocycles. The monoisotopic (exact) mass is 364 g/mol. The Bertz CT molecular complexity index is 564. The maximum Gasteiger partial charge on any atom is 0.191 e. The summed E-state index contributed by atoms with van der Waals surface area (Å²) < 4.78 is 0. The van der Waals surface area contributed by atoms with Crippen molar-refractivity contribution in [3.05, 3.63) is 11.6 Å². The molecule has 2 N–H and O–H groups in total. The van der Waals surface area contributed by atoms with Crippen LogP contribution in [0.4, 0.5) is 5.13 Å². The molecule has 1 aromatic heterocycles. The fourth-order valence-electron chi connectivity index (χ4n) is 4.15. The third-order valence-electron chi connectivity index (χ3n) is 5.85. The summed E-state index contributed by atoms with van der Waals surface area (Å²) >= 11 is 1.70. The number of hydrogen-bond acceptors (Lipinski definition) is 5. The van der Waals surface area contributed by atoms with Gasteiger partial charge in [-0.2, -0.15) is 0 Å². The van der Waals surface area contributed by atoms with Gasteiger partial charge in [-0.3, -0.25) is 4.99 Å². The molecule has 6 nitrogen and oxygen atoms in total. The average Bonchev–Trinajstić information content (AvgIpc) is 3.14. The van der Waals surface area contributed by atoms with Gasteiger partial charge in [0, 0.05) is 43.3 Å². The predicted molar refractivity (Wildman–Crippen MR) is 106 cm³/mol. The Balaban J connectivity index is 1.58. The maximum absolute atomic E-state index is 6.35. The lowest BCUT2D eigenvalue weighted by atomic mass is 9.75. The molecule has 0 spiro atoms. The molecular formula is C18H32N6S. The van der Waals surface area contributed by atoms with Gasteiger partial charge in [-0.05, 0) is 32.9 Å². The molecule has 2 atom stereocenters. The molecule has 3 rings (SSSR count). The highest BCUT2D eigenvalue weighted by Crippen LogP contribution is 2.36. The van der Waals surface area contributed by atoms with Crippen molar-refractivity contribution in [1.29, 1.82) is 0 Å². The lowest BCUT2D eigenvalue weighted by molar-refractivity contribution is 0.0843. The van der Waals surface area contributed by atoms with Gasteiger partial charge in [0.25, 0.3) is 0 Å². The molecule has 0 bridgehead atoms. The largest absolute Gasteiger partial charge is 0.370 e. The summed E-state index contributed by atoms with van der Waals surface area (Å²) in [5.74, 6) is 1.48. The van der Waals surface area contributed by atoms with Crippen LogP contribution in [0, 0.1) is 5.92 Å². The van der Waals surface area contributed by atoms with Crippen LogP contribution >= 0.6 is 11.3 Å². The Labute approximate surface area is 155 Å². The molecule has 2 fully saturated rings. The molecule has 2 aliphatic rings. The highest BCUT2D eigenvalue weighted by Gasteiger charge is 2.37. The average molecular weight is 365 g/mol. The van der Waals surface area contributed by atoms with Crippen LogP contribution in [0.1, 0.15) is 32.6 Å². The highest BCUT2D eigenvalue weighted by atomic mass is 32.1. The van der Waals surface area contributed by atoms with Gasteiger partial charge in [-0.15, -0.1) is 11.3 Å². The van der Waals surface area contributed by atoms with Gasteiger partial charge in [-0.25, -0.2) is 4.98 Å². The molecule has 2 unspecified atom stereocenters. The van der Waals surface area contributed by atoms with E-state index in [9.17, 15) is 0 Å². The number of thiazole rings is 1. The van der Waals surface area contributed by atoms with Crippen LogP contribution in [0.5, 0.6) is 0 Å². The topological polar surface area (TPSA) is 61.0 Å². The standard InChI is InChI=1S/C18H32N6S/c1-15-5-4-6-18(13-15,22(2)3)14-21-16(19)23-8-10-24(11-9-23)17-20-7-12-25-17/h7,12,15H,4-6,8-11,13-14H2,1-3H3,(H2,19,21). The Hall–Kier alpha value is -1.34. The Morgan fingerprint density at radius 3 is 2.76 bits per heavy atom. The zero-order chi connectivity index (χ0) is 17.9. The zero-order valence-electron chi connectivity index (χ0n) is 15.8. The van der Waals surface area contributed by atoms with E-state index in [1.807, 2.05) is 11.6 Å². The molecule has 140 valence electrons. The van der Waals surface area contributed by atoms with Gasteiger partial charge in [0.15, 0.2) is 11.1 Å². The highest BCUT2D eigenvalue weighted by molar-refractivity contribution is 7.13. The zero-order valence-corrected chi connectivity index (χ0v) is 16.6. The summed E-state index contributed by atoms with van der Waals surface area (Å²) in [4.78, 5) is 16.2. The molecule has 1 aliphatic heterocycles. The van der Waals surface area contributed by atoms with Crippen LogP contribution in [-0.4, -0.2) is 73.1 Å². The van der Waals surface area contributed by atoms with Gasteiger partial charge in [-0.1, -0.05) is 19.8 Å². The summed E-state index contributed by atoms with van der Waals surface area (Å²) in [7, 11) is 4.38. The first-order valence-electron chi connectivity index (χ1n) is 9.37. The van der Waals surface area contributed by atoms with Crippen molar-refractivity contribution in [3.63, 3.8) is 0 Å². The van der Waals surface area contributed by atoms with Crippen LogP contribution in [0.2, 0.25) is 0 Å². The summed E-state index contributed by atoms with van der Waals surface area (Å²) in [6.45, 7) is 6.92. The number of aliphatic imine (C=N–C) groups is 1. The number of aromatic nitrogens is 1. The van der Waals surface area contributed by atoms with Gasteiger partial charge >= 0.3 is 0 Å². The number of likely N-dealkylation sites (N-methyl/N-ethyl adjacent to an activating group) is 1. The second-order valence-electron chi connectivity index (χ2n) is 7.78. The van der Waals surface area contributed by atoms with E-state index in [2.05, 4.69) is 40.7 Å². The minimum absolute atomic E-state index is 0.172. The molecule has 25 heavy (non-hydrogen) atoms. The molecule has 0 radical (unpaired) electrons. The summed E-state index contributed by atoms with van der Waals surface area (Å²) in [5, 5.41) is 3.14. The lowest BCUT2D eigenvalue weighted by Crippen LogP contribution is -2.53. The SMILES string of the molecule is CC1CCCC(CN=C(N)N2CCN(c3nccs3)CC2)(N(C)C)C1. The van der Waals surface area contributed by atoms with Crippen LogP contribution in [0.25, 0.3) is 0 Å². The minimum atomic E-state index is 0.172. The van der Waals surface area contributed by atoms with E-state index in [4.69, 9.17) is 10.7 Å². The van der Waals surface area contributed by atoms with E-state index in [1.165, 1.54) is 25.7 Å². The first-order chi connectivity index (χ1) is 12.0. The first-order valence-corrected chi connectivity index (χ1v) is 10.2. The van der Waals surface area contributed by atoms with Gasteiger partial charge in [0.1, 0.15) is 0 Å². The van der Waals surface area contributed by atoms with E-state index in [-0.39, 0.29) is 5.54 Å². The van der Waals surface area contributed by atoms with E-state index in [1.54, 1.807) is 11.3 Å². The number of anilines is 1. The molecule has 0 aromatic carbocycles. The fourth-order valence-corrected chi connectivity index (χ4v) is 4.85. The number of nitrogens with zero attached hydrogens (tertiary/aromatic N) is 5. The smallest absolute Gasteiger partial charge is 0.191 e. The second-order valence-corrected chi connectivity index (χ2v) is 8.66. The van der Waals surface area contributed by atoms with Crippen molar-refractivity contribution in [2.75, 3.05) is 51.7 Å². The number of nitrogens with two attached hydrogens (primary N) is 1. The van der Waals surface area contributed by atoms with Crippen molar-refractivity contribution in [3.8, 4) is 0 Å². The van der Waals surface area contributed by atoms with Crippen molar-refractivity contribution in [2.24, 2.45) is 16.6 Å². The Morgan fingerprint density at radius 2 is 2.16 bits per heavy atom. The molecule has 7 heteroatoms. The van der Waals surface area contributed by atoms with Crippen molar-refractivity contribution in [1.82, 2.24) is 14.8 Å². The minimum Gasteiger partial charge on any atom is -0.370 e. The van der Waals surface area contributed by atoms with Gasteiger partial charge in [0.05, 0.1) is 6.54 Å². The van der Waals surface area contributed by atoms with Crippen LogP contribution < -0.4 is 10.6 Å². The fraction of sp³-hybridized carbons (Fsp3) is 0.778. The van der Waals surface area contributed by atoms with Crippen molar-refractivity contribution >= 4 is 22.4 Å². The van der Waals surface area contributed by atoms with Crippen LogP contribution in [-0.2, 0) is 0 Å². The molecule has 1 aromatic rings. The van der Waals surface area contributed by atoms with Gasteiger partial charge < -0.3 is 20.4 Å². The van der Waals surface area contributed by atoms with Crippen LogP contribution in [0.3, 0.4) is 0 Å². The predicted octanol–water partition coefficient (Wildman–Crippen LogP) is 2.09. The van der Waals surface area contributed by atoms with Crippen molar-refractivity contribution < 1.29 is 0 Å². The number of piperazine rings is 1. The summed E-state index contributed by atoms with van der Waals surface area (Å²) in [6, 6.07) is 0. The van der Waals surface area contributed by atoms with E-state index in [0.29, 0.717) is 5.96 Å². The maximum atomic E-state index is 6.35. The third kappa shape index (κ3) is 4.26. The Kier molecular flexibility index (Phi) is 5.84. The molecule has 0 amide bonds. The number of hydrogen-bond donors (Lipinski definition) is 1. The second kappa shape index (κ2) is 7.91. The van der Waals surface area contributed by atoms with E-state index < -0.39 is 0 Å². The van der Waals surface area contributed by atoms with Crippen molar-refractivity contribution in [2.45, 2.75) is 38.1 Å². The normalized spacial score (nSPS) is 28.6. The summed E-state index contributed by atoms with van der Waals surface area (Å²) in [5.41, 5.74) is 6.52. The lowest BCUT2D eigenvalue weighted by Gasteiger charge is -2.44. The molecule has 2 heterocycles. The Morgan fingerprint density at radius 1 is 1.40 bits per heavy atom. The number of guanidine groups is 1. The molecule has 1 aliphatic carbocycles. The van der Waals surface area contributed by atoms with E-state index in [0.717, 1.165) is 43.8 Å². The molecule has 1 saturated heterocycles. The number of rotatable bonds is 4. The van der Waals surface area contributed by atoms with Crippen LogP contribution in [0.15, 0.2) is 16.6 Å². The first kappa shape index (κ1) is 18.5. The van der Waals surface area contributed by atoms with Gasteiger partial charge in [0.2, 0.25) is 0 Å². The quantitative estimate of drug-likeness (QED) is 0.655. The molecular weight excluding hydrogens is 332 g/mol. The van der Waals surface area contributed by atoms with E-state index >= 15 is 0 Å².